The zero-order chi connectivity index (χ0) is 21.1. The van der Waals surface area contributed by atoms with Crippen molar-refractivity contribution in [3.05, 3.63) is 69.5 Å². The van der Waals surface area contributed by atoms with E-state index in [0.29, 0.717) is 28.9 Å². The lowest BCUT2D eigenvalue weighted by molar-refractivity contribution is 0.0121. The average molecular weight is 500 g/mol. The molecule has 2 aromatic carbocycles. The highest BCUT2D eigenvalue weighted by atomic mass is 35.5. The molecule has 0 saturated carbocycles. The number of aromatic nitrogens is 1. The second-order valence-electron chi connectivity index (χ2n) is 7.31. The van der Waals surface area contributed by atoms with Gasteiger partial charge in [0, 0.05) is 18.7 Å². The maximum Gasteiger partial charge on any atom is 0.178 e. The molecule has 0 aliphatic rings. The smallest absolute Gasteiger partial charge is 0.178 e. The van der Waals surface area contributed by atoms with Crippen molar-refractivity contribution in [2.24, 2.45) is 0 Å². The van der Waals surface area contributed by atoms with Gasteiger partial charge < -0.3 is 19.7 Å². The van der Waals surface area contributed by atoms with Crippen LogP contribution in [0.3, 0.4) is 0 Å². The van der Waals surface area contributed by atoms with Crippen LogP contribution in [0.15, 0.2) is 58.4 Å². The molecular formula is C22H21Cl3N2O3S. The van der Waals surface area contributed by atoms with Crippen LogP contribution < -0.4 is 10.1 Å². The number of aliphatic hydroxyl groups is 1. The van der Waals surface area contributed by atoms with Gasteiger partial charge in [-0.3, -0.25) is 0 Å². The maximum absolute atomic E-state index is 10.7. The highest BCUT2D eigenvalue weighted by Crippen LogP contribution is 2.33. The van der Waals surface area contributed by atoms with Gasteiger partial charge in [-0.2, -0.15) is 0 Å². The van der Waals surface area contributed by atoms with Crippen molar-refractivity contribution in [1.82, 2.24) is 10.5 Å². The largest absolute Gasteiger partial charge is 0.491 e. The molecular weight excluding hydrogens is 479 g/mol. The fourth-order valence-electron chi connectivity index (χ4n) is 3.01. The maximum atomic E-state index is 10.7. The molecule has 0 saturated heterocycles. The van der Waals surface area contributed by atoms with Gasteiger partial charge in [-0.05, 0) is 48.2 Å². The van der Waals surface area contributed by atoms with Gasteiger partial charge in [0.05, 0.1) is 10.0 Å². The van der Waals surface area contributed by atoms with E-state index in [1.807, 2.05) is 47.8 Å². The second kappa shape index (κ2) is 10.2. The number of rotatable bonds is 8. The molecule has 2 N–H and O–H groups in total. The molecule has 5 nitrogen and oxygen atoms in total. The first-order chi connectivity index (χ1) is 14.4. The van der Waals surface area contributed by atoms with Gasteiger partial charge in [0.15, 0.2) is 5.58 Å². The van der Waals surface area contributed by atoms with Gasteiger partial charge in [0.25, 0.3) is 0 Å². The van der Waals surface area contributed by atoms with Crippen molar-refractivity contribution in [2.75, 3.05) is 13.2 Å². The van der Waals surface area contributed by atoms with E-state index in [1.165, 1.54) is 0 Å². The van der Waals surface area contributed by atoms with Crippen LogP contribution in [0.1, 0.15) is 12.5 Å². The topological polar surface area (TPSA) is 67.5 Å². The molecule has 2 aromatic heterocycles. The fraction of sp³-hybridized carbons (Fsp3) is 0.227. The molecule has 4 aromatic rings. The molecule has 164 valence electrons. The predicted octanol–water partition coefficient (Wildman–Crippen LogP) is 6.20. The van der Waals surface area contributed by atoms with Crippen molar-refractivity contribution in [2.45, 2.75) is 19.1 Å². The molecule has 4 rings (SSSR count). The van der Waals surface area contributed by atoms with Crippen LogP contribution in [-0.4, -0.2) is 29.0 Å². The number of nitrogens with zero attached hydrogens (tertiary/aromatic N) is 1. The van der Waals surface area contributed by atoms with Crippen LogP contribution in [0.25, 0.3) is 21.5 Å². The average Bonchev–Trinajstić information content (AvgIpc) is 3.33. The van der Waals surface area contributed by atoms with Crippen molar-refractivity contribution >= 4 is 57.2 Å². The van der Waals surface area contributed by atoms with Gasteiger partial charge in [-0.25, -0.2) is 0 Å². The third-order valence-corrected chi connectivity index (χ3v) is 6.20. The summed E-state index contributed by atoms with van der Waals surface area (Å²) in [6.45, 7) is 2.78. The van der Waals surface area contributed by atoms with Crippen molar-refractivity contribution in [3.8, 4) is 17.0 Å². The molecule has 0 aliphatic heterocycles. The van der Waals surface area contributed by atoms with E-state index in [9.17, 15) is 5.11 Å². The predicted molar refractivity (Wildman–Crippen MR) is 129 cm³/mol. The molecule has 2 heterocycles. The van der Waals surface area contributed by atoms with Crippen molar-refractivity contribution in [1.29, 1.82) is 0 Å². The van der Waals surface area contributed by atoms with E-state index < -0.39 is 5.60 Å². The summed E-state index contributed by atoms with van der Waals surface area (Å²) in [5.41, 5.74) is 2.41. The Morgan fingerprint density at radius 2 is 2.00 bits per heavy atom. The van der Waals surface area contributed by atoms with Gasteiger partial charge in [0.1, 0.15) is 28.4 Å². The van der Waals surface area contributed by atoms with Gasteiger partial charge in [-0.15, -0.1) is 23.7 Å². The van der Waals surface area contributed by atoms with E-state index in [2.05, 4.69) is 10.5 Å². The molecule has 9 heteroatoms. The molecule has 0 unspecified atom stereocenters. The first kappa shape index (κ1) is 23.9. The highest BCUT2D eigenvalue weighted by Gasteiger charge is 2.21. The Morgan fingerprint density at radius 1 is 1.16 bits per heavy atom. The van der Waals surface area contributed by atoms with Gasteiger partial charge in [-0.1, -0.05) is 46.6 Å². The third kappa shape index (κ3) is 5.92. The minimum absolute atomic E-state index is 0. The van der Waals surface area contributed by atoms with Crippen molar-refractivity contribution < 1.29 is 14.4 Å². The van der Waals surface area contributed by atoms with Crippen LogP contribution in [0.5, 0.6) is 5.75 Å². The first-order valence-electron chi connectivity index (χ1n) is 9.34. The molecule has 31 heavy (non-hydrogen) atoms. The number of ether oxygens (including phenoxy) is 1. The fourth-order valence-corrected chi connectivity index (χ4v) is 4.15. The van der Waals surface area contributed by atoms with Gasteiger partial charge >= 0.3 is 0 Å². The lowest BCUT2D eigenvalue weighted by Gasteiger charge is -2.24. The minimum Gasteiger partial charge on any atom is -0.491 e. The molecule has 0 spiro atoms. The minimum atomic E-state index is -1.05. The van der Waals surface area contributed by atoms with Crippen LogP contribution in [0, 0.1) is 0 Å². The van der Waals surface area contributed by atoms with Crippen molar-refractivity contribution in [3.63, 3.8) is 0 Å². The van der Waals surface area contributed by atoms with Crippen LogP contribution >= 0.6 is 46.9 Å². The second-order valence-corrected chi connectivity index (χ2v) is 9.04. The van der Waals surface area contributed by atoms with E-state index in [1.54, 1.807) is 24.3 Å². The Hall–Kier alpha value is -1.80. The summed E-state index contributed by atoms with van der Waals surface area (Å²) in [5, 5.41) is 21.0. The number of fused-ring (bicyclic) bond motifs is 1. The molecule has 0 bridgehead atoms. The van der Waals surface area contributed by atoms with E-state index in [0.717, 1.165) is 27.1 Å². The van der Waals surface area contributed by atoms with Crippen LogP contribution in [0.2, 0.25) is 10.0 Å². The summed E-state index contributed by atoms with van der Waals surface area (Å²) in [5.74, 6) is 0.657. The molecule has 0 fully saturated rings. The standard InChI is InChI=1S/C22H20Cl2N2O3S.ClH/c1-22(27,12-25-11-14-5-6-17(23)18(24)9-14)13-28-16-4-2-3-15(10-16)20-21-19(29-26-20)7-8-30-21;/h2-10,25,27H,11-13H2,1H3;1H/t22-;/m1./s1. The molecule has 1 atom stereocenters. The number of hydrogen-bond acceptors (Lipinski definition) is 6. The van der Waals surface area contributed by atoms with E-state index >= 15 is 0 Å². The zero-order valence-corrected chi connectivity index (χ0v) is 19.7. The summed E-state index contributed by atoms with van der Waals surface area (Å²) < 4.78 is 12.2. The number of halogens is 3. The summed E-state index contributed by atoms with van der Waals surface area (Å²) >= 11 is 13.6. The van der Waals surface area contributed by atoms with Crippen LogP contribution in [0.4, 0.5) is 0 Å². The number of nitrogens with one attached hydrogen (secondary N) is 1. The highest BCUT2D eigenvalue weighted by molar-refractivity contribution is 7.17. The zero-order valence-electron chi connectivity index (χ0n) is 16.6. The first-order valence-corrected chi connectivity index (χ1v) is 11.0. The third-order valence-electron chi connectivity index (χ3n) is 4.56. The molecule has 0 amide bonds. The number of benzene rings is 2. The monoisotopic (exact) mass is 498 g/mol. The SMILES string of the molecule is C[C@@](O)(CNCc1ccc(Cl)c(Cl)c1)COc1cccc(-c2noc3ccsc23)c1.Cl. The Bertz CT molecular complexity index is 1160. The molecule has 0 radical (unpaired) electrons. The summed E-state index contributed by atoms with van der Waals surface area (Å²) in [7, 11) is 0. The van der Waals surface area contributed by atoms with E-state index in [-0.39, 0.29) is 19.0 Å². The van der Waals surface area contributed by atoms with E-state index in [4.69, 9.17) is 32.5 Å². The quantitative estimate of drug-likeness (QED) is 0.302. The Morgan fingerprint density at radius 3 is 2.81 bits per heavy atom. The molecule has 0 aliphatic carbocycles. The summed E-state index contributed by atoms with van der Waals surface area (Å²) in [6, 6.07) is 15.0. The van der Waals surface area contributed by atoms with Crippen LogP contribution in [-0.2, 0) is 6.54 Å². The normalized spacial score (nSPS) is 13.0. The summed E-state index contributed by atoms with van der Waals surface area (Å²) in [4.78, 5) is 0. The lowest BCUT2D eigenvalue weighted by Crippen LogP contribution is -2.42. The Labute approximate surface area is 200 Å². The summed E-state index contributed by atoms with van der Waals surface area (Å²) in [6.07, 6.45) is 0. The lowest BCUT2D eigenvalue weighted by atomic mass is 10.1. The number of hydrogen-bond donors (Lipinski definition) is 2. The Balaban J connectivity index is 0.00000272. The Kier molecular flexibility index (Phi) is 7.86. The number of thiophene rings is 1. The van der Waals surface area contributed by atoms with Gasteiger partial charge in [0.2, 0.25) is 0 Å².